The monoisotopic (exact) mass is 332 g/mol. The maximum atomic E-state index is 12.0. The number of halogens is 1. The maximum absolute atomic E-state index is 12.0. The van der Waals surface area contributed by atoms with Gasteiger partial charge < -0.3 is 15.4 Å². The number of carbonyl (C=O) groups is 1. The fourth-order valence-electron chi connectivity index (χ4n) is 2.01. The molecule has 0 aromatic heterocycles. The first-order chi connectivity index (χ1) is 11.1. The molecule has 0 aliphatic rings. The Balaban J connectivity index is 1.85. The third-order valence-electron chi connectivity index (χ3n) is 3.32. The fourth-order valence-corrected chi connectivity index (χ4v) is 2.18. The summed E-state index contributed by atoms with van der Waals surface area (Å²) < 4.78 is 5.52. The summed E-state index contributed by atoms with van der Waals surface area (Å²) in [6, 6.07) is 13.0. The van der Waals surface area contributed by atoms with Crippen molar-refractivity contribution in [1.82, 2.24) is 0 Å². The number of nitrogens with one attached hydrogen (secondary N) is 2. The molecule has 2 N–H and O–H groups in total. The second-order valence-corrected chi connectivity index (χ2v) is 5.59. The summed E-state index contributed by atoms with van der Waals surface area (Å²) in [5.41, 5.74) is 2.46. The Morgan fingerprint density at radius 2 is 1.91 bits per heavy atom. The van der Waals surface area contributed by atoms with Crippen molar-refractivity contribution in [2.75, 3.05) is 23.8 Å². The molecule has 23 heavy (non-hydrogen) atoms. The molecule has 0 aliphatic carbocycles. The Kier molecular flexibility index (Phi) is 6.29. The molecule has 4 nitrogen and oxygen atoms in total. The van der Waals surface area contributed by atoms with Crippen molar-refractivity contribution >= 4 is 28.9 Å². The van der Waals surface area contributed by atoms with Crippen LogP contribution in [0.4, 0.5) is 11.4 Å². The number of carbonyl (C=O) groups excluding carboxylic acids is 1. The predicted octanol–water partition coefficient (Wildman–Crippen LogP) is 4.49. The van der Waals surface area contributed by atoms with Gasteiger partial charge in [-0.1, -0.05) is 24.6 Å². The van der Waals surface area contributed by atoms with Crippen molar-refractivity contribution < 1.29 is 9.53 Å². The number of benzene rings is 2. The summed E-state index contributed by atoms with van der Waals surface area (Å²) in [6.07, 6.45) is 0.975. The van der Waals surface area contributed by atoms with E-state index in [-0.39, 0.29) is 12.5 Å². The maximum Gasteiger partial charge on any atom is 0.243 e. The van der Waals surface area contributed by atoms with Gasteiger partial charge in [0.05, 0.1) is 13.2 Å². The smallest absolute Gasteiger partial charge is 0.243 e. The summed E-state index contributed by atoms with van der Waals surface area (Å²) >= 11 is 6.04. The van der Waals surface area contributed by atoms with E-state index in [9.17, 15) is 4.79 Å². The molecule has 0 radical (unpaired) electrons. The standard InChI is InChI=1S/C18H21ClN2O2/c1-3-11-23-15-9-7-14(8-10-15)20-12-18(22)21-17-6-4-5-16(19)13(17)2/h4-10,20H,3,11-12H2,1-2H3,(H,21,22). The quantitative estimate of drug-likeness (QED) is 0.785. The van der Waals surface area contributed by atoms with E-state index in [1.807, 2.05) is 43.3 Å². The third-order valence-corrected chi connectivity index (χ3v) is 3.73. The van der Waals surface area contributed by atoms with Gasteiger partial charge in [0.25, 0.3) is 0 Å². The Morgan fingerprint density at radius 1 is 1.17 bits per heavy atom. The van der Waals surface area contributed by atoms with Gasteiger partial charge in [-0.05, 0) is 55.3 Å². The van der Waals surface area contributed by atoms with Gasteiger partial charge >= 0.3 is 0 Å². The van der Waals surface area contributed by atoms with Crippen LogP contribution in [0.3, 0.4) is 0 Å². The molecule has 122 valence electrons. The lowest BCUT2D eigenvalue weighted by molar-refractivity contribution is -0.114. The molecule has 0 saturated carbocycles. The Morgan fingerprint density at radius 3 is 2.61 bits per heavy atom. The number of ether oxygens (including phenoxy) is 1. The van der Waals surface area contributed by atoms with E-state index in [4.69, 9.17) is 16.3 Å². The molecule has 2 aromatic rings. The normalized spacial score (nSPS) is 10.2. The Bertz CT molecular complexity index is 657. The van der Waals surface area contributed by atoms with Crippen LogP contribution in [-0.4, -0.2) is 19.1 Å². The molecule has 0 fully saturated rings. The Labute approximate surface area is 141 Å². The first kappa shape index (κ1) is 17.2. The summed E-state index contributed by atoms with van der Waals surface area (Å²) in [5.74, 6) is 0.707. The molecule has 5 heteroatoms. The molecule has 0 heterocycles. The van der Waals surface area contributed by atoms with Gasteiger partial charge in [0, 0.05) is 16.4 Å². The van der Waals surface area contributed by atoms with Gasteiger partial charge in [0.1, 0.15) is 5.75 Å². The molecule has 0 bridgehead atoms. The van der Waals surface area contributed by atoms with Crippen LogP contribution in [0, 0.1) is 6.92 Å². The summed E-state index contributed by atoms with van der Waals surface area (Å²) in [5, 5.41) is 6.57. The molecule has 0 saturated heterocycles. The molecule has 2 aromatic carbocycles. The van der Waals surface area contributed by atoms with E-state index in [1.165, 1.54) is 0 Å². The largest absolute Gasteiger partial charge is 0.494 e. The first-order valence-electron chi connectivity index (χ1n) is 7.62. The minimum atomic E-state index is -0.123. The topological polar surface area (TPSA) is 50.4 Å². The fraction of sp³-hybridized carbons (Fsp3) is 0.278. The van der Waals surface area contributed by atoms with E-state index < -0.39 is 0 Å². The summed E-state index contributed by atoms with van der Waals surface area (Å²) in [6.45, 7) is 4.83. The van der Waals surface area contributed by atoms with Gasteiger partial charge in [0.2, 0.25) is 5.91 Å². The Hall–Kier alpha value is -2.20. The van der Waals surface area contributed by atoms with Crippen LogP contribution >= 0.6 is 11.6 Å². The van der Waals surface area contributed by atoms with Crippen LogP contribution in [0.2, 0.25) is 5.02 Å². The lowest BCUT2D eigenvalue weighted by Crippen LogP contribution is -2.22. The van der Waals surface area contributed by atoms with Crippen molar-refractivity contribution in [1.29, 1.82) is 0 Å². The van der Waals surface area contributed by atoms with Crippen LogP contribution in [-0.2, 0) is 4.79 Å². The molecule has 0 atom stereocenters. The van der Waals surface area contributed by atoms with Crippen LogP contribution < -0.4 is 15.4 Å². The second kappa shape index (κ2) is 8.44. The minimum absolute atomic E-state index is 0.123. The van der Waals surface area contributed by atoms with Gasteiger partial charge in [-0.2, -0.15) is 0 Å². The van der Waals surface area contributed by atoms with Crippen molar-refractivity contribution in [3.05, 3.63) is 53.1 Å². The van der Waals surface area contributed by atoms with E-state index in [2.05, 4.69) is 17.6 Å². The van der Waals surface area contributed by atoms with Crippen molar-refractivity contribution in [3.63, 3.8) is 0 Å². The van der Waals surface area contributed by atoms with Crippen molar-refractivity contribution in [2.45, 2.75) is 20.3 Å². The van der Waals surface area contributed by atoms with Gasteiger partial charge in [-0.25, -0.2) is 0 Å². The predicted molar refractivity (Wildman–Crippen MR) is 95.5 cm³/mol. The molecular weight excluding hydrogens is 312 g/mol. The first-order valence-corrected chi connectivity index (χ1v) is 7.99. The minimum Gasteiger partial charge on any atom is -0.494 e. The van der Waals surface area contributed by atoms with Gasteiger partial charge in [-0.3, -0.25) is 4.79 Å². The van der Waals surface area contributed by atoms with Crippen molar-refractivity contribution in [2.24, 2.45) is 0 Å². The molecule has 0 aliphatic heterocycles. The van der Waals surface area contributed by atoms with E-state index in [0.29, 0.717) is 11.6 Å². The van der Waals surface area contributed by atoms with Crippen LogP contribution in [0.5, 0.6) is 5.75 Å². The number of rotatable bonds is 7. The average Bonchev–Trinajstić information content (AvgIpc) is 2.56. The number of amides is 1. The highest BCUT2D eigenvalue weighted by Crippen LogP contribution is 2.22. The van der Waals surface area contributed by atoms with E-state index in [0.717, 1.165) is 29.1 Å². The zero-order valence-corrected chi connectivity index (χ0v) is 14.1. The average molecular weight is 333 g/mol. The van der Waals surface area contributed by atoms with Crippen LogP contribution in [0.15, 0.2) is 42.5 Å². The molecule has 0 unspecified atom stereocenters. The molecule has 0 spiro atoms. The summed E-state index contributed by atoms with van der Waals surface area (Å²) in [7, 11) is 0. The van der Waals surface area contributed by atoms with E-state index >= 15 is 0 Å². The zero-order chi connectivity index (χ0) is 16.7. The zero-order valence-electron chi connectivity index (χ0n) is 13.4. The third kappa shape index (κ3) is 5.18. The summed E-state index contributed by atoms with van der Waals surface area (Å²) in [4.78, 5) is 12.0. The highest BCUT2D eigenvalue weighted by atomic mass is 35.5. The van der Waals surface area contributed by atoms with Gasteiger partial charge in [0.15, 0.2) is 0 Å². The molecule has 2 rings (SSSR count). The van der Waals surface area contributed by atoms with E-state index in [1.54, 1.807) is 6.07 Å². The highest BCUT2D eigenvalue weighted by molar-refractivity contribution is 6.31. The molecular formula is C18H21ClN2O2. The van der Waals surface area contributed by atoms with Crippen LogP contribution in [0.1, 0.15) is 18.9 Å². The number of hydrogen-bond acceptors (Lipinski definition) is 3. The lowest BCUT2D eigenvalue weighted by atomic mass is 10.2. The number of anilines is 2. The van der Waals surface area contributed by atoms with Gasteiger partial charge in [-0.15, -0.1) is 0 Å². The SMILES string of the molecule is CCCOc1ccc(NCC(=O)Nc2cccc(Cl)c2C)cc1. The second-order valence-electron chi connectivity index (χ2n) is 5.19. The van der Waals surface area contributed by atoms with Crippen molar-refractivity contribution in [3.8, 4) is 5.75 Å². The van der Waals surface area contributed by atoms with Crippen LogP contribution in [0.25, 0.3) is 0 Å². The number of hydrogen-bond donors (Lipinski definition) is 2. The highest BCUT2D eigenvalue weighted by Gasteiger charge is 2.06. The lowest BCUT2D eigenvalue weighted by Gasteiger charge is -2.11. The molecule has 1 amide bonds.